The third-order valence-electron chi connectivity index (χ3n) is 3.93. The molecule has 0 fully saturated rings. The molecular formula is C18H19N3O3. The maximum atomic E-state index is 12.0. The van der Waals surface area contributed by atoms with Crippen molar-refractivity contribution in [3.63, 3.8) is 0 Å². The van der Waals surface area contributed by atoms with E-state index in [0.29, 0.717) is 30.8 Å². The van der Waals surface area contributed by atoms with Gasteiger partial charge >= 0.3 is 0 Å². The van der Waals surface area contributed by atoms with Crippen molar-refractivity contribution in [3.8, 4) is 0 Å². The Bertz CT molecular complexity index is 911. The summed E-state index contributed by atoms with van der Waals surface area (Å²) in [5.41, 5.74) is 2.22. The molecule has 6 nitrogen and oxygen atoms in total. The smallest absolute Gasteiger partial charge is 0.250 e. The lowest BCUT2D eigenvalue weighted by molar-refractivity contribution is -0.120. The van der Waals surface area contributed by atoms with Crippen molar-refractivity contribution in [1.29, 1.82) is 0 Å². The van der Waals surface area contributed by atoms with Crippen LogP contribution in [0.5, 0.6) is 0 Å². The minimum Gasteiger partial charge on any atom is -0.356 e. The zero-order chi connectivity index (χ0) is 16.9. The van der Waals surface area contributed by atoms with Crippen LogP contribution in [0.1, 0.15) is 17.8 Å². The number of aromatic nitrogens is 2. The van der Waals surface area contributed by atoms with E-state index >= 15 is 0 Å². The quantitative estimate of drug-likeness (QED) is 0.704. The van der Waals surface area contributed by atoms with Gasteiger partial charge in [-0.1, -0.05) is 23.4 Å². The fourth-order valence-corrected chi connectivity index (χ4v) is 2.66. The van der Waals surface area contributed by atoms with Gasteiger partial charge in [0.2, 0.25) is 5.91 Å². The molecule has 1 amide bonds. The molecule has 0 saturated heterocycles. The Kier molecular flexibility index (Phi) is 4.74. The number of para-hydroxylation sites is 1. The normalized spacial score (nSPS) is 10.9. The Balaban J connectivity index is 1.50. The zero-order valence-corrected chi connectivity index (χ0v) is 13.5. The van der Waals surface area contributed by atoms with Gasteiger partial charge in [0.15, 0.2) is 5.58 Å². The first kappa shape index (κ1) is 16.0. The summed E-state index contributed by atoms with van der Waals surface area (Å²) in [4.78, 5) is 23.8. The van der Waals surface area contributed by atoms with Crippen LogP contribution < -0.4 is 10.9 Å². The molecule has 1 aromatic carbocycles. The average molecular weight is 325 g/mol. The molecule has 24 heavy (non-hydrogen) atoms. The lowest BCUT2D eigenvalue weighted by atomic mass is 10.1. The van der Waals surface area contributed by atoms with E-state index in [2.05, 4.69) is 10.5 Å². The highest BCUT2D eigenvalue weighted by Gasteiger charge is 2.11. The van der Waals surface area contributed by atoms with E-state index in [0.717, 1.165) is 11.1 Å². The second kappa shape index (κ2) is 7.12. The highest BCUT2D eigenvalue weighted by molar-refractivity contribution is 5.86. The first-order valence-corrected chi connectivity index (χ1v) is 7.91. The number of pyridine rings is 1. The van der Waals surface area contributed by atoms with Crippen LogP contribution in [0, 0.1) is 6.92 Å². The largest absolute Gasteiger partial charge is 0.356 e. The van der Waals surface area contributed by atoms with Crippen molar-refractivity contribution in [2.24, 2.45) is 0 Å². The van der Waals surface area contributed by atoms with Crippen LogP contribution >= 0.6 is 0 Å². The fraction of sp³-hybridized carbons (Fsp3) is 0.278. The van der Waals surface area contributed by atoms with E-state index in [1.807, 2.05) is 37.3 Å². The Morgan fingerprint density at radius 1 is 1.21 bits per heavy atom. The minimum absolute atomic E-state index is 0.0182. The van der Waals surface area contributed by atoms with Crippen molar-refractivity contribution in [3.05, 3.63) is 64.2 Å². The van der Waals surface area contributed by atoms with Crippen molar-refractivity contribution in [2.75, 3.05) is 6.54 Å². The van der Waals surface area contributed by atoms with E-state index in [-0.39, 0.29) is 17.9 Å². The molecule has 2 heterocycles. The van der Waals surface area contributed by atoms with Crippen molar-refractivity contribution >= 4 is 16.9 Å². The van der Waals surface area contributed by atoms with Gasteiger partial charge in [-0.25, -0.2) is 0 Å². The Morgan fingerprint density at radius 3 is 2.88 bits per heavy atom. The SMILES string of the molecule is Cc1cccc(=O)n1CCCNC(=O)Cc1noc2ccccc12. The van der Waals surface area contributed by atoms with Gasteiger partial charge in [0, 0.05) is 30.2 Å². The molecule has 0 unspecified atom stereocenters. The molecule has 0 bridgehead atoms. The van der Waals surface area contributed by atoms with E-state index in [9.17, 15) is 9.59 Å². The Morgan fingerprint density at radius 2 is 2.04 bits per heavy atom. The predicted octanol–water partition coefficient (Wildman–Crippen LogP) is 2.05. The summed E-state index contributed by atoms with van der Waals surface area (Å²) >= 11 is 0. The van der Waals surface area contributed by atoms with E-state index in [1.54, 1.807) is 16.7 Å². The number of aryl methyl sites for hydroxylation is 1. The van der Waals surface area contributed by atoms with Gasteiger partial charge in [-0.05, 0) is 31.5 Å². The predicted molar refractivity (Wildman–Crippen MR) is 90.8 cm³/mol. The molecule has 0 aliphatic carbocycles. The fourth-order valence-electron chi connectivity index (χ4n) is 2.66. The topological polar surface area (TPSA) is 77.1 Å². The molecular weight excluding hydrogens is 306 g/mol. The van der Waals surface area contributed by atoms with Gasteiger partial charge in [0.05, 0.1) is 6.42 Å². The minimum atomic E-state index is -0.105. The summed E-state index contributed by atoms with van der Waals surface area (Å²) in [5, 5.41) is 7.67. The van der Waals surface area contributed by atoms with E-state index in [1.165, 1.54) is 0 Å². The first-order chi connectivity index (χ1) is 11.6. The monoisotopic (exact) mass is 325 g/mol. The third-order valence-corrected chi connectivity index (χ3v) is 3.93. The van der Waals surface area contributed by atoms with Crippen molar-refractivity contribution < 1.29 is 9.32 Å². The van der Waals surface area contributed by atoms with Crippen molar-refractivity contribution in [2.45, 2.75) is 26.3 Å². The molecule has 0 saturated carbocycles. The van der Waals surface area contributed by atoms with E-state index < -0.39 is 0 Å². The molecule has 1 N–H and O–H groups in total. The average Bonchev–Trinajstić information content (AvgIpc) is 2.97. The number of fused-ring (bicyclic) bond motifs is 1. The maximum Gasteiger partial charge on any atom is 0.250 e. The van der Waals surface area contributed by atoms with Crippen LogP contribution in [0.25, 0.3) is 11.0 Å². The zero-order valence-electron chi connectivity index (χ0n) is 13.5. The molecule has 0 radical (unpaired) electrons. The van der Waals surface area contributed by atoms with Gasteiger partial charge in [0.25, 0.3) is 5.56 Å². The lowest BCUT2D eigenvalue weighted by Gasteiger charge is -2.09. The van der Waals surface area contributed by atoms with Gasteiger partial charge in [-0.15, -0.1) is 0 Å². The summed E-state index contributed by atoms with van der Waals surface area (Å²) in [6, 6.07) is 12.7. The number of amides is 1. The summed E-state index contributed by atoms with van der Waals surface area (Å²) < 4.78 is 6.90. The van der Waals surface area contributed by atoms with Gasteiger partial charge in [0.1, 0.15) is 5.69 Å². The molecule has 124 valence electrons. The number of nitrogens with zero attached hydrogens (tertiary/aromatic N) is 2. The number of nitrogens with one attached hydrogen (secondary N) is 1. The highest BCUT2D eigenvalue weighted by atomic mass is 16.5. The number of carbonyl (C=O) groups excluding carboxylic acids is 1. The third kappa shape index (κ3) is 3.53. The van der Waals surface area contributed by atoms with Crippen molar-refractivity contribution in [1.82, 2.24) is 15.0 Å². The van der Waals surface area contributed by atoms with Crippen LogP contribution in [-0.2, 0) is 17.8 Å². The van der Waals surface area contributed by atoms with E-state index in [4.69, 9.17) is 4.52 Å². The van der Waals surface area contributed by atoms with Gasteiger partial charge < -0.3 is 14.4 Å². The standard InChI is InChI=1S/C18H19N3O3/c1-13-6-4-9-18(23)21(13)11-5-10-19-17(22)12-15-14-7-2-3-8-16(14)24-20-15/h2-4,6-9H,5,10-12H2,1H3,(H,19,22). The molecule has 0 spiro atoms. The van der Waals surface area contributed by atoms with Crippen LogP contribution in [0.2, 0.25) is 0 Å². The van der Waals surface area contributed by atoms with Gasteiger partial charge in [-0.2, -0.15) is 0 Å². The highest BCUT2D eigenvalue weighted by Crippen LogP contribution is 2.17. The maximum absolute atomic E-state index is 12.0. The molecule has 0 aliphatic heterocycles. The number of hydrogen-bond acceptors (Lipinski definition) is 4. The summed E-state index contributed by atoms with van der Waals surface area (Å²) in [7, 11) is 0. The van der Waals surface area contributed by atoms with Crippen LogP contribution in [0.3, 0.4) is 0 Å². The molecule has 0 atom stereocenters. The molecule has 3 aromatic rings. The molecule has 2 aromatic heterocycles. The summed E-state index contributed by atoms with van der Waals surface area (Å²) in [6.45, 7) is 2.99. The Labute approximate surface area is 139 Å². The number of carbonyl (C=O) groups is 1. The summed E-state index contributed by atoms with van der Waals surface area (Å²) in [5.74, 6) is -0.105. The number of rotatable bonds is 6. The molecule has 3 rings (SSSR count). The van der Waals surface area contributed by atoms with Crippen LogP contribution in [0.4, 0.5) is 0 Å². The Hall–Kier alpha value is -2.89. The molecule has 6 heteroatoms. The van der Waals surface area contributed by atoms with Crippen LogP contribution in [-0.4, -0.2) is 22.2 Å². The second-order valence-corrected chi connectivity index (χ2v) is 5.66. The summed E-state index contributed by atoms with van der Waals surface area (Å²) in [6.07, 6.45) is 0.872. The second-order valence-electron chi connectivity index (χ2n) is 5.66. The first-order valence-electron chi connectivity index (χ1n) is 7.91. The lowest BCUT2D eigenvalue weighted by Crippen LogP contribution is -2.28. The number of hydrogen-bond donors (Lipinski definition) is 1. The number of benzene rings is 1. The van der Waals surface area contributed by atoms with Crippen LogP contribution in [0.15, 0.2) is 51.8 Å². The molecule has 0 aliphatic rings. The van der Waals surface area contributed by atoms with Gasteiger partial charge in [-0.3, -0.25) is 9.59 Å².